The SMILES string of the molecule is CC1(C)COCc2[nH]c3c(F)cc(Oc4c(Cl)cc(-n5nc(C#N)c(=O)[nH]c5=O)cc4Cl)c(C(F)(F)F)c3c21. The van der Waals surface area contributed by atoms with Crippen molar-refractivity contribution in [1.82, 2.24) is 19.7 Å². The van der Waals surface area contributed by atoms with Crippen molar-refractivity contribution >= 4 is 34.1 Å². The topological polar surface area (TPSA) is 126 Å². The first-order valence-corrected chi connectivity index (χ1v) is 11.8. The maximum absolute atomic E-state index is 15.2. The van der Waals surface area contributed by atoms with Crippen molar-refractivity contribution in [2.75, 3.05) is 6.61 Å². The molecule has 1 aliphatic rings. The molecule has 0 fully saturated rings. The average Bonchev–Trinajstić information content (AvgIpc) is 3.22. The van der Waals surface area contributed by atoms with Crippen LogP contribution in [0, 0.1) is 17.1 Å². The summed E-state index contributed by atoms with van der Waals surface area (Å²) in [6, 6.07) is 4.23. The minimum Gasteiger partial charge on any atom is -0.453 e. The molecule has 4 aromatic rings. The number of hydrogen-bond acceptors (Lipinski definition) is 6. The van der Waals surface area contributed by atoms with Gasteiger partial charge in [-0.05, 0) is 17.7 Å². The van der Waals surface area contributed by atoms with E-state index in [1.807, 2.05) is 4.98 Å². The lowest BCUT2D eigenvalue weighted by Gasteiger charge is -2.31. The van der Waals surface area contributed by atoms with E-state index in [1.165, 1.54) is 6.07 Å². The van der Waals surface area contributed by atoms with Gasteiger partial charge in [-0.3, -0.25) is 9.78 Å². The highest BCUT2D eigenvalue weighted by Crippen LogP contribution is 2.50. The second-order valence-corrected chi connectivity index (χ2v) is 10.1. The van der Waals surface area contributed by atoms with Gasteiger partial charge < -0.3 is 14.5 Å². The summed E-state index contributed by atoms with van der Waals surface area (Å²) < 4.78 is 70.4. The van der Waals surface area contributed by atoms with Crippen LogP contribution in [0.2, 0.25) is 10.0 Å². The van der Waals surface area contributed by atoms with Crippen LogP contribution in [0.5, 0.6) is 11.5 Å². The van der Waals surface area contributed by atoms with Gasteiger partial charge in [0.15, 0.2) is 11.6 Å². The third kappa shape index (κ3) is 4.44. The van der Waals surface area contributed by atoms with E-state index in [2.05, 4.69) is 10.1 Å². The largest absolute Gasteiger partial charge is 0.453 e. The fourth-order valence-corrected chi connectivity index (χ4v) is 5.14. The van der Waals surface area contributed by atoms with Crippen LogP contribution in [0.3, 0.4) is 0 Å². The molecule has 1 aliphatic heterocycles. The summed E-state index contributed by atoms with van der Waals surface area (Å²) in [5, 5.41) is 11.5. The number of alkyl halides is 3. The Morgan fingerprint density at radius 2 is 1.85 bits per heavy atom. The maximum Gasteiger partial charge on any atom is 0.420 e. The summed E-state index contributed by atoms with van der Waals surface area (Å²) in [4.78, 5) is 28.5. The second kappa shape index (κ2) is 9.11. The Morgan fingerprint density at radius 3 is 2.46 bits per heavy atom. The highest BCUT2D eigenvalue weighted by Gasteiger charge is 2.43. The molecule has 0 radical (unpaired) electrons. The van der Waals surface area contributed by atoms with E-state index >= 15 is 4.39 Å². The van der Waals surface area contributed by atoms with Gasteiger partial charge in [0.1, 0.15) is 17.4 Å². The quantitative estimate of drug-likeness (QED) is 0.314. The number of halogens is 6. The van der Waals surface area contributed by atoms with Crippen LogP contribution >= 0.6 is 23.2 Å². The average molecular weight is 584 g/mol. The molecule has 5 rings (SSSR count). The smallest absolute Gasteiger partial charge is 0.420 e. The molecule has 0 aliphatic carbocycles. The van der Waals surface area contributed by atoms with Crippen molar-refractivity contribution in [3.63, 3.8) is 0 Å². The summed E-state index contributed by atoms with van der Waals surface area (Å²) in [5.74, 6) is -2.36. The van der Waals surface area contributed by atoms with E-state index in [0.29, 0.717) is 16.4 Å². The van der Waals surface area contributed by atoms with Gasteiger partial charge in [-0.1, -0.05) is 37.0 Å². The molecular formula is C24H15Cl2F4N5O4. The monoisotopic (exact) mass is 583 g/mol. The number of aromatic amines is 2. The molecule has 202 valence electrons. The van der Waals surface area contributed by atoms with Crippen LogP contribution in [0.4, 0.5) is 17.6 Å². The van der Waals surface area contributed by atoms with E-state index in [9.17, 15) is 22.8 Å². The van der Waals surface area contributed by atoms with Gasteiger partial charge in [0, 0.05) is 22.6 Å². The molecule has 9 nitrogen and oxygen atoms in total. The van der Waals surface area contributed by atoms with Crippen molar-refractivity contribution in [2.45, 2.75) is 32.0 Å². The van der Waals surface area contributed by atoms with Crippen LogP contribution in [-0.4, -0.2) is 26.4 Å². The summed E-state index contributed by atoms with van der Waals surface area (Å²) in [6.07, 6.45) is -4.98. The van der Waals surface area contributed by atoms with E-state index in [0.717, 1.165) is 12.1 Å². The van der Waals surface area contributed by atoms with Crippen LogP contribution in [0.1, 0.15) is 36.4 Å². The molecule has 0 saturated carbocycles. The molecule has 15 heteroatoms. The Bertz CT molecular complexity index is 1810. The van der Waals surface area contributed by atoms with E-state index < -0.39 is 56.8 Å². The molecule has 3 heterocycles. The van der Waals surface area contributed by atoms with Crippen LogP contribution < -0.4 is 16.0 Å². The zero-order valence-electron chi connectivity index (χ0n) is 19.9. The number of nitrogens with zero attached hydrogens (tertiary/aromatic N) is 3. The van der Waals surface area contributed by atoms with Gasteiger partial charge in [0.05, 0.1) is 34.5 Å². The number of rotatable bonds is 3. The minimum absolute atomic E-state index is 0.0227. The van der Waals surface area contributed by atoms with Gasteiger partial charge in [-0.2, -0.15) is 23.1 Å². The minimum atomic E-state index is -4.98. The van der Waals surface area contributed by atoms with Crippen molar-refractivity contribution in [3.8, 4) is 23.3 Å². The molecule has 0 spiro atoms. The molecule has 2 aromatic heterocycles. The Kier molecular flexibility index (Phi) is 6.25. The van der Waals surface area contributed by atoms with Crippen LogP contribution in [0.25, 0.3) is 16.6 Å². The molecule has 0 amide bonds. The molecule has 2 aromatic carbocycles. The van der Waals surface area contributed by atoms with Gasteiger partial charge >= 0.3 is 11.9 Å². The first-order valence-electron chi connectivity index (χ1n) is 11.1. The summed E-state index contributed by atoms with van der Waals surface area (Å²) in [7, 11) is 0. The molecular weight excluding hydrogens is 569 g/mol. The second-order valence-electron chi connectivity index (χ2n) is 9.31. The van der Waals surface area contributed by atoms with Gasteiger partial charge in [0.2, 0.25) is 5.69 Å². The number of aromatic nitrogens is 4. The van der Waals surface area contributed by atoms with Crippen molar-refractivity contribution in [1.29, 1.82) is 5.26 Å². The first kappa shape index (κ1) is 26.7. The summed E-state index contributed by atoms with van der Waals surface area (Å²) in [6.45, 7) is 3.45. The van der Waals surface area contributed by atoms with Crippen molar-refractivity contribution in [3.05, 3.63) is 77.4 Å². The number of hydrogen-bond donors (Lipinski definition) is 2. The lowest BCUT2D eigenvalue weighted by Crippen LogP contribution is -2.33. The number of fused-ring (bicyclic) bond motifs is 3. The number of benzene rings is 2. The number of ether oxygens (including phenoxy) is 2. The summed E-state index contributed by atoms with van der Waals surface area (Å²) >= 11 is 12.5. The Labute approximate surface area is 225 Å². The Balaban J connectivity index is 1.70. The van der Waals surface area contributed by atoms with Crippen molar-refractivity contribution in [2.24, 2.45) is 0 Å². The predicted octanol–water partition coefficient (Wildman–Crippen LogP) is 5.34. The van der Waals surface area contributed by atoms with Crippen molar-refractivity contribution < 1.29 is 27.0 Å². The Hall–Kier alpha value is -3.86. The zero-order valence-corrected chi connectivity index (χ0v) is 21.4. The number of nitrogens with one attached hydrogen (secondary N) is 2. The normalized spacial score (nSPS) is 14.7. The molecule has 0 atom stereocenters. The van der Waals surface area contributed by atoms with Crippen LogP contribution in [0.15, 0.2) is 27.8 Å². The lowest BCUT2D eigenvalue weighted by molar-refractivity contribution is -0.137. The Morgan fingerprint density at radius 1 is 1.18 bits per heavy atom. The molecule has 0 unspecified atom stereocenters. The molecule has 0 bridgehead atoms. The maximum atomic E-state index is 15.2. The first-order chi connectivity index (χ1) is 18.2. The van der Waals surface area contributed by atoms with Gasteiger partial charge in [-0.25, -0.2) is 9.18 Å². The number of nitriles is 1. The van der Waals surface area contributed by atoms with Gasteiger partial charge in [-0.15, -0.1) is 5.10 Å². The zero-order chi connectivity index (χ0) is 28.4. The summed E-state index contributed by atoms with van der Waals surface area (Å²) in [5.41, 5.74) is -4.71. The van der Waals surface area contributed by atoms with E-state index in [4.69, 9.17) is 37.9 Å². The number of H-pyrrole nitrogens is 2. The van der Waals surface area contributed by atoms with E-state index in [-0.39, 0.29) is 40.0 Å². The fraction of sp³-hybridized carbons (Fsp3) is 0.250. The highest BCUT2D eigenvalue weighted by atomic mass is 35.5. The molecule has 2 N–H and O–H groups in total. The molecule has 0 saturated heterocycles. The third-order valence-electron chi connectivity index (χ3n) is 6.11. The third-order valence-corrected chi connectivity index (χ3v) is 6.68. The highest BCUT2D eigenvalue weighted by molar-refractivity contribution is 6.37. The lowest BCUT2D eigenvalue weighted by atomic mass is 9.81. The predicted molar refractivity (Wildman–Crippen MR) is 131 cm³/mol. The van der Waals surface area contributed by atoms with Gasteiger partial charge in [0.25, 0.3) is 5.56 Å². The molecule has 39 heavy (non-hydrogen) atoms. The fourth-order valence-electron chi connectivity index (χ4n) is 4.59. The standard InChI is InChI=1S/C24H15Cl2F4N5O4/c1-23(2)8-38-7-14-17(23)16-18(24(28,29)30)15(5-12(27)19(16)32-14)39-20-10(25)3-9(4-11(20)26)35-22(37)33-21(36)13(6-31)34-35/h3-5,32H,7-8H2,1-2H3,(H,33,36,37). The van der Waals surface area contributed by atoms with E-state index in [1.54, 1.807) is 13.8 Å². The van der Waals surface area contributed by atoms with Crippen LogP contribution in [-0.2, 0) is 22.9 Å².